The molecule has 0 amide bonds. The van der Waals surface area contributed by atoms with E-state index in [9.17, 15) is 4.79 Å². The van der Waals surface area contributed by atoms with Gasteiger partial charge in [-0.2, -0.15) is 0 Å². The number of carbonyl (C=O) groups is 1. The summed E-state index contributed by atoms with van der Waals surface area (Å²) in [5.74, 6) is 0. The van der Waals surface area contributed by atoms with Crippen LogP contribution in [-0.2, 0) is 0 Å². The van der Waals surface area contributed by atoms with Gasteiger partial charge in [0.1, 0.15) is 12.0 Å². The van der Waals surface area contributed by atoms with Gasteiger partial charge in [-0.3, -0.25) is 9.78 Å². The van der Waals surface area contributed by atoms with Gasteiger partial charge in [-0.05, 0) is 26.0 Å². The Hall–Kier alpha value is -1.97. The zero-order valence-corrected chi connectivity index (χ0v) is 8.64. The molecule has 0 N–H and O–H groups in total. The summed E-state index contributed by atoms with van der Waals surface area (Å²) < 4.78 is 1.84. The highest BCUT2D eigenvalue weighted by molar-refractivity contribution is 5.73. The summed E-state index contributed by atoms with van der Waals surface area (Å²) in [7, 11) is 0. The minimum Gasteiger partial charge on any atom is -0.301 e. The molecular formula is C11H11N3O. The van der Waals surface area contributed by atoms with Crippen LogP contribution < -0.4 is 0 Å². The van der Waals surface area contributed by atoms with E-state index in [1.165, 1.54) is 0 Å². The van der Waals surface area contributed by atoms with Crippen molar-refractivity contribution in [1.29, 1.82) is 0 Å². The van der Waals surface area contributed by atoms with Crippen molar-refractivity contribution in [3.8, 4) is 5.69 Å². The van der Waals surface area contributed by atoms with Crippen molar-refractivity contribution < 1.29 is 4.79 Å². The highest BCUT2D eigenvalue weighted by Gasteiger charge is 2.06. The summed E-state index contributed by atoms with van der Waals surface area (Å²) >= 11 is 0. The maximum absolute atomic E-state index is 10.6. The molecule has 2 aromatic rings. The largest absolute Gasteiger partial charge is 0.301 e. The molecule has 15 heavy (non-hydrogen) atoms. The van der Waals surface area contributed by atoms with Gasteiger partial charge in [0.25, 0.3) is 0 Å². The van der Waals surface area contributed by atoms with E-state index in [1.54, 1.807) is 12.5 Å². The molecule has 0 radical (unpaired) electrons. The van der Waals surface area contributed by atoms with Crippen LogP contribution in [0.15, 0.2) is 24.7 Å². The maximum Gasteiger partial charge on any atom is 0.170 e. The number of aldehydes is 1. The minimum absolute atomic E-state index is 0.468. The van der Waals surface area contributed by atoms with Crippen LogP contribution in [0.3, 0.4) is 0 Å². The third-order valence-electron chi connectivity index (χ3n) is 2.33. The number of aryl methyl sites for hydroxylation is 1. The van der Waals surface area contributed by atoms with Gasteiger partial charge in [-0.1, -0.05) is 0 Å². The molecule has 0 spiro atoms. The standard InChI is InChI=1S/C11H11N3O/c1-8-3-4-10(5-12-8)14-7-13-11(6-15)9(14)2/h3-7H,1-2H3. The van der Waals surface area contributed by atoms with Gasteiger partial charge in [0, 0.05) is 5.69 Å². The SMILES string of the molecule is Cc1ccc(-n2cnc(C=O)c2C)cn1. The molecule has 0 aliphatic carbocycles. The van der Waals surface area contributed by atoms with Crippen molar-refractivity contribution in [1.82, 2.24) is 14.5 Å². The second kappa shape index (κ2) is 3.65. The van der Waals surface area contributed by atoms with Crippen LogP contribution in [0.4, 0.5) is 0 Å². The average molecular weight is 201 g/mol. The lowest BCUT2D eigenvalue weighted by molar-refractivity contribution is 0.111. The molecule has 2 heterocycles. The van der Waals surface area contributed by atoms with Gasteiger partial charge in [-0.15, -0.1) is 0 Å². The van der Waals surface area contributed by atoms with Crippen molar-refractivity contribution in [2.45, 2.75) is 13.8 Å². The summed E-state index contributed by atoms with van der Waals surface area (Å²) in [5.41, 5.74) is 3.18. The van der Waals surface area contributed by atoms with Crippen LogP contribution in [-0.4, -0.2) is 20.8 Å². The topological polar surface area (TPSA) is 47.8 Å². The van der Waals surface area contributed by atoms with Crippen LogP contribution in [0.5, 0.6) is 0 Å². The predicted octanol–water partition coefficient (Wildman–Crippen LogP) is 1.70. The molecule has 0 atom stereocenters. The van der Waals surface area contributed by atoms with Gasteiger partial charge in [-0.25, -0.2) is 4.98 Å². The van der Waals surface area contributed by atoms with E-state index >= 15 is 0 Å². The first-order chi connectivity index (χ1) is 7.22. The molecule has 0 aliphatic rings. The molecule has 0 unspecified atom stereocenters. The molecule has 0 bridgehead atoms. The number of hydrogen-bond acceptors (Lipinski definition) is 3. The first kappa shape index (κ1) is 9.58. The normalized spacial score (nSPS) is 10.3. The third kappa shape index (κ3) is 1.66. The zero-order valence-electron chi connectivity index (χ0n) is 8.64. The van der Waals surface area contributed by atoms with Crippen LogP contribution in [0.25, 0.3) is 5.69 Å². The van der Waals surface area contributed by atoms with Crippen LogP contribution >= 0.6 is 0 Å². The fraction of sp³-hybridized carbons (Fsp3) is 0.182. The molecule has 4 nitrogen and oxygen atoms in total. The number of imidazole rings is 1. The lowest BCUT2D eigenvalue weighted by Crippen LogP contribution is -1.97. The van der Waals surface area contributed by atoms with Gasteiger partial charge >= 0.3 is 0 Å². The lowest BCUT2D eigenvalue weighted by atomic mass is 10.3. The van der Waals surface area contributed by atoms with Crippen LogP contribution in [0.2, 0.25) is 0 Å². The number of hydrogen-bond donors (Lipinski definition) is 0. The summed E-state index contributed by atoms with van der Waals surface area (Å²) in [6.45, 7) is 3.79. The fourth-order valence-electron chi connectivity index (χ4n) is 1.40. The molecular weight excluding hydrogens is 190 g/mol. The Morgan fingerprint density at radius 3 is 2.60 bits per heavy atom. The Morgan fingerprint density at radius 1 is 1.27 bits per heavy atom. The molecule has 4 heteroatoms. The Kier molecular flexibility index (Phi) is 2.33. The number of aromatic nitrogens is 3. The summed E-state index contributed by atoms with van der Waals surface area (Å²) in [5, 5.41) is 0. The summed E-state index contributed by atoms with van der Waals surface area (Å²) in [6.07, 6.45) is 4.15. The predicted molar refractivity (Wildman–Crippen MR) is 56.2 cm³/mol. The van der Waals surface area contributed by atoms with Gasteiger partial charge in [0.05, 0.1) is 17.6 Å². The number of pyridine rings is 1. The number of nitrogens with zero attached hydrogens (tertiary/aromatic N) is 3. The van der Waals surface area contributed by atoms with Gasteiger partial charge < -0.3 is 4.57 Å². The van der Waals surface area contributed by atoms with E-state index in [0.717, 1.165) is 23.4 Å². The van der Waals surface area contributed by atoms with Crippen LogP contribution in [0.1, 0.15) is 21.9 Å². The van der Waals surface area contributed by atoms with Crippen molar-refractivity contribution >= 4 is 6.29 Å². The Bertz CT molecular complexity index is 485. The fourth-order valence-corrected chi connectivity index (χ4v) is 1.40. The van der Waals surface area contributed by atoms with E-state index in [4.69, 9.17) is 0 Å². The van der Waals surface area contributed by atoms with E-state index in [1.807, 2.05) is 30.5 Å². The van der Waals surface area contributed by atoms with E-state index in [-0.39, 0.29) is 0 Å². The molecule has 0 aliphatic heterocycles. The quantitative estimate of drug-likeness (QED) is 0.695. The monoisotopic (exact) mass is 201 g/mol. The molecule has 0 fully saturated rings. The molecule has 2 rings (SSSR count). The maximum atomic E-state index is 10.6. The molecule has 2 aromatic heterocycles. The molecule has 0 saturated heterocycles. The van der Waals surface area contributed by atoms with E-state index in [2.05, 4.69) is 9.97 Å². The lowest BCUT2D eigenvalue weighted by Gasteiger charge is -2.04. The number of rotatable bonds is 2. The Balaban J connectivity index is 2.49. The van der Waals surface area contributed by atoms with Gasteiger partial charge in [0.15, 0.2) is 6.29 Å². The average Bonchev–Trinajstić information content (AvgIpc) is 2.61. The first-order valence-corrected chi connectivity index (χ1v) is 4.64. The van der Waals surface area contributed by atoms with Crippen molar-refractivity contribution in [3.05, 3.63) is 41.7 Å². The van der Waals surface area contributed by atoms with E-state index in [0.29, 0.717) is 5.69 Å². The Labute approximate surface area is 87.6 Å². The highest BCUT2D eigenvalue weighted by Crippen LogP contribution is 2.12. The third-order valence-corrected chi connectivity index (χ3v) is 2.33. The smallest absolute Gasteiger partial charge is 0.170 e. The molecule has 0 aromatic carbocycles. The molecule has 76 valence electrons. The molecule has 0 saturated carbocycles. The van der Waals surface area contributed by atoms with Gasteiger partial charge in [0.2, 0.25) is 0 Å². The summed E-state index contributed by atoms with van der Waals surface area (Å²) in [4.78, 5) is 18.8. The van der Waals surface area contributed by atoms with Crippen molar-refractivity contribution in [2.75, 3.05) is 0 Å². The summed E-state index contributed by atoms with van der Waals surface area (Å²) in [6, 6.07) is 3.88. The Morgan fingerprint density at radius 2 is 2.07 bits per heavy atom. The van der Waals surface area contributed by atoms with E-state index < -0.39 is 0 Å². The second-order valence-electron chi connectivity index (χ2n) is 3.36. The number of carbonyl (C=O) groups excluding carboxylic acids is 1. The first-order valence-electron chi connectivity index (χ1n) is 4.64. The zero-order chi connectivity index (χ0) is 10.8. The van der Waals surface area contributed by atoms with Crippen molar-refractivity contribution in [3.63, 3.8) is 0 Å². The second-order valence-corrected chi connectivity index (χ2v) is 3.36. The van der Waals surface area contributed by atoms with Crippen molar-refractivity contribution in [2.24, 2.45) is 0 Å². The highest BCUT2D eigenvalue weighted by atomic mass is 16.1. The van der Waals surface area contributed by atoms with Crippen LogP contribution in [0, 0.1) is 13.8 Å². The minimum atomic E-state index is 0.468.